The Kier molecular flexibility index (Phi) is 9.09. The first kappa shape index (κ1) is 28.5. The lowest BCUT2D eigenvalue weighted by Crippen LogP contribution is -2.48. The SMILES string of the molecule is COc1ccc(CNC(=O)[C@H]2C[C@@H](C(=O)Nc3ccc4c(c3)CCC4)CN(Cc3ccc(OC)c(OC)c3)C2)cc1. The molecule has 1 saturated heterocycles. The largest absolute Gasteiger partial charge is 0.497 e. The van der Waals surface area contributed by atoms with Crippen molar-refractivity contribution in [2.45, 2.75) is 38.8 Å². The Balaban J connectivity index is 1.30. The van der Waals surface area contributed by atoms with E-state index in [2.05, 4.69) is 27.7 Å². The Hall–Kier alpha value is -4.04. The van der Waals surface area contributed by atoms with Crippen LogP contribution in [0, 0.1) is 11.8 Å². The summed E-state index contributed by atoms with van der Waals surface area (Å²) in [7, 11) is 4.86. The zero-order valence-electron chi connectivity index (χ0n) is 24.1. The molecule has 0 bridgehead atoms. The number of hydrogen-bond acceptors (Lipinski definition) is 6. The van der Waals surface area contributed by atoms with Crippen LogP contribution in [0.1, 0.15) is 35.1 Å². The molecule has 216 valence electrons. The number of ether oxygens (including phenoxy) is 3. The van der Waals surface area contributed by atoms with Crippen molar-refractivity contribution in [3.63, 3.8) is 0 Å². The van der Waals surface area contributed by atoms with Crippen molar-refractivity contribution in [2.75, 3.05) is 39.7 Å². The number of piperidine rings is 1. The first-order valence-corrected chi connectivity index (χ1v) is 14.2. The lowest BCUT2D eigenvalue weighted by Gasteiger charge is -2.36. The third kappa shape index (κ3) is 7.00. The van der Waals surface area contributed by atoms with Gasteiger partial charge >= 0.3 is 0 Å². The molecule has 8 heteroatoms. The van der Waals surface area contributed by atoms with Gasteiger partial charge in [0.1, 0.15) is 5.75 Å². The maximum Gasteiger partial charge on any atom is 0.228 e. The van der Waals surface area contributed by atoms with Gasteiger partial charge in [0.05, 0.1) is 33.2 Å². The van der Waals surface area contributed by atoms with Gasteiger partial charge in [-0.2, -0.15) is 0 Å². The van der Waals surface area contributed by atoms with E-state index in [9.17, 15) is 9.59 Å². The van der Waals surface area contributed by atoms with Gasteiger partial charge in [0.15, 0.2) is 11.5 Å². The molecule has 2 N–H and O–H groups in total. The first-order valence-electron chi connectivity index (χ1n) is 14.2. The predicted molar refractivity (Wildman–Crippen MR) is 158 cm³/mol. The number of hydrogen-bond donors (Lipinski definition) is 2. The van der Waals surface area contributed by atoms with Gasteiger partial charge in [-0.15, -0.1) is 0 Å². The number of aryl methyl sites for hydroxylation is 2. The fourth-order valence-corrected chi connectivity index (χ4v) is 5.91. The number of anilines is 1. The highest BCUT2D eigenvalue weighted by molar-refractivity contribution is 5.93. The van der Waals surface area contributed by atoms with Gasteiger partial charge < -0.3 is 24.8 Å². The minimum atomic E-state index is -0.325. The van der Waals surface area contributed by atoms with Gasteiger partial charge in [-0.25, -0.2) is 0 Å². The summed E-state index contributed by atoms with van der Waals surface area (Å²) in [6.45, 7) is 2.13. The van der Waals surface area contributed by atoms with Gasteiger partial charge in [-0.1, -0.05) is 24.3 Å². The summed E-state index contributed by atoms with van der Waals surface area (Å²) in [4.78, 5) is 29.1. The fourth-order valence-electron chi connectivity index (χ4n) is 5.91. The van der Waals surface area contributed by atoms with Gasteiger partial charge in [0, 0.05) is 31.9 Å². The molecule has 1 fully saturated rings. The zero-order chi connectivity index (χ0) is 28.8. The van der Waals surface area contributed by atoms with Crippen molar-refractivity contribution < 1.29 is 23.8 Å². The molecule has 2 amide bonds. The lowest BCUT2D eigenvalue weighted by molar-refractivity contribution is -0.130. The summed E-state index contributed by atoms with van der Waals surface area (Å²) in [5.74, 6) is 1.35. The van der Waals surface area contributed by atoms with Crippen molar-refractivity contribution in [1.29, 1.82) is 0 Å². The standard InChI is InChI=1S/C33H39N3O5/c1-39-29-12-7-22(8-13-29)18-34-32(37)26-16-27(33(38)35-28-11-10-24-5-4-6-25(24)17-28)21-36(20-26)19-23-9-14-30(40-2)31(15-23)41-3/h7-15,17,26-27H,4-6,16,18-21H2,1-3H3,(H,34,37)(H,35,38)/t26-,27+/m0/s1. The third-order valence-electron chi connectivity index (χ3n) is 8.11. The Labute approximate surface area is 242 Å². The summed E-state index contributed by atoms with van der Waals surface area (Å²) in [6.07, 6.45) is 3.81. The van der Waals surface area contributed by atoms with E-state index in [0.717, 1.165) is 41.8 Å². The van der Waals surface area contributed by atoms with Crippen LogP contribution in [0.3, 0.4) is 0 Å². The maximum absolute atomic E-state index is 13.5. The fraction of sp³-hybridized carbons (Fsp3) is 0.394. The summed E-state index contributed by atoms with van der Waals surface area (Å²) in [5.41, 5.74) is 5.53. The van der Waals surface area contributed by atoms with Crippen molar-refractivity contribution in [2.24, 2.45) is 11.8 Å². The molecule has 1 aliphatic carbocycles. The summed E-state index contributed by atoms with van der Waals surface area (Å²) < 4.78 is 16.1. The van der Waals surface area contributed by atoms with Crippen LogP contribution in [0.5, 0.6) is 17.2 Å². The molecule has 3 aromatic carbocycles. The van der Waals surface area contributed by atoms with Crippen LogP contribution in [-0.4, -0.2) is 51.1 Å². The van der Waals surface area contributed by atoms with E-state index in [1.807, 2.05) is 48.5 Å². The molecule has 5 rings (SSSR count). The number of carbonyl (C=O) groups is 2. The second-order valence-electron chi connectivity index (χ2n) is 10.9. The molecular weight excluding hydrogens is 518 g/mol. The Morgan fingerprint density at radius 1 is 0.780 bits per heavy atom. The van der Waals surface area contributed by atoms with E-state index >= 15 is 0 Å². The molecule has 0 saturated carbocycles. The molecule has 41 heavy (non-hydrogen) atoms. The van der Waals surface area contributed by atoms with E-state index in [1.165, 1.54) is 11.1 Å². The molecule has 0 radical (unpaired) electrons. The molecule has 3 aromatic rings. The van der Waals surface area contributed by atoms with Gasteiger partial charge in [-0.3, -0.25) is 14.5 Å². The van der Waals surface area contributed by atoms with Gasteiger partial charge in [0.2, 0.25) is 11.8 Å². The highest BCUT2D eigenvalue weighted by Gasteiger charge is 2.35. The molecule has 0 spiro atoms. The van der Waals surface area contributed by atoms with Gasteiger partial charge in [-0.05, 0) is 84.3 Å². The second-order valence-corrected chi connectivity index (χ2v) is 10.9. The number of methoxy groups -OCH3 is 3. The quantitative estimate of drug-likeness (QED) is 0.379. The number of nitrogens with zero attached hydrogens (tertiary/aromatic N) is 1. The smallest absolute Gasteiger partial charge is 0.228 e. The average Bonchev–Trinajstić information content (AvgIpc) is 3.48. The minimum absolute atomic E-state index is 0.0480. The lowest BCUT2D eigenvalue weighted by atomic mass is 9.87. The molecule has 2 atom stereocenters. The highest BCUT2D eigenvalue weighted by atomic mass is 16.5. The van der Waals surface area contributed by atoms with Crippen LogP contribution in [0.25, 0.3) is 0 Å². The van der Waals surface area contributed by atoms with Crippen molar-refractivity contribution in [1.82, 2.24) is 10.2 Å². The number of carbonyl (C=O) groups excluding carboxylic acids is 2. The molecule has 8 nitrogen and oxygen atoms in total. The van der Waals surface area contributed by atoms with Crippen LogP contribution in [0.15, 0.2) is 60.7 Å². The molecule has 0 aromatic heterocycles. The summed E-state index contributed by atoms with van der Waals surface area (Å²) >= 11 is 0. The Morgan fingerprint density at radius 2 is 1.49 bits per heavy atom. The Bertz CT molecular complexity index is 1370. The van der Waals surface area contributed by atoms with E-state index < -0.39 is 0 Å². The van der Waals surface area contributed by atoms with Crippen LogP contribution in [0.4, 0.5) is 5.69 Å². The third-order valence-corrected chi connectivity index (χ3v) is 8.11. The number of amides is 2. The topological polar surface area (TPSA) is 89.1 Å². The summed E-state index contributed by atoms with van der Waals surface area (Å²) in [6, 6.07) is 19.7. The van der Waals surface area contributed by atoms with Gasteiger partial charge in [0.25, 0.3) is 0 Å². The van der Waals surface area contributed by atoms with Crippen LogP contribution in [0.2, 0.25) is 0 Å². The van der Waals surface area contributed by atoms with Crippen LogP contribution in [-0.2, 0) is 35.5 Å². The molecule has 1 aliphatic heterocycles. The predicted octanol–water partition coefficient (Wildman–Crippen LogP) is 4.59. The highest BCUT2D eigenvalue weighted by Crippen LogP contribution is 2.31. The molecule has 1 heterocycles. The van der Waals surface area contributed by atoms with E-state index in [4.69, 9.17) is 14.2 Å². The van der Waals surface area contributed by atoms with Crippen LogP contribution >= 0.6 is 0 Å². The average molecular weight is 558 g/mol. The normalized spacial score (nSPS) is 18.3. The van der Waals surface area contributed by atoms with Crippen molar-refractivity contribution in [3.05, 3.63) is 82.9 Å². The van der Waals surface area contributed by atoms with Crippen LogP contribution < -0.4 is 24.8 Å². The number of benzene rings is 3. The number of nitrogens with one attached hydrogen (secondary N) is 2. The molecule has 0 unspecified atom stereocenters. The van der Waals surface area contributed by atoms with E-state index in [0.29, 0.717) is 44.1 Å². The van der Waals surface area contributed by atoms with Crippen molar-refractivity contribution >= 4 is 17.5 Å². The minimum Gasteiger partial charge on any atom is -0.497 e. The number of fused-ring (bicyclic) bond motifs is 1. The monoisotopic (exact) mass is 557 g/mol. The van der Waals surface area contributed by atoms with Crippen molar-refractivity contribution in [3.8, 4) is 17.2 Å². The number of rotatable bonds is 10. The van der Waals surface area contributed by atoms with E-state index in [1.54, 1.807) is 21.3 Å². The maximum atomic E-state index is 13.5. The molecular formula is C33H39N3O5. The zero-order valence-corrected chi connectivity index (χ0v) is 24.1. The molecule has 2 aliphatic rings. The second kappa shape index (κ2) is 13.1. The summed E-state index contributed by atoms with van der Waals surface area (Å²) in [5, 5.41) is 6.23. The van der Waals surface area contributed by atoms with E-state index in [-0.39, 0.29) is 23.7 Å². The Morgan fingerprint density at radius 3 is 2.22 bits per heavy atom. The first-order chi connectivity index (χ1) is 19.9. The number of likely N-dealkylation sites (tertiary alicyclic amines) is 1.